The molecule has 1 fully saturated rings. The largest absolute Gasteiger partial charge is 0.504 e. The van der Waals surface area contributed by atoms with Gasteiger partial charge in [-0.15, -0.1) is 0 Å². The molecule has 0 unspecified atom stereocenters. The topological polar surface area (TPSA) is 95.9 Å². The summed E-state index contributed by atoms with van der Waals surface area (Å²) < 4.78 is 4.69. The van der Waals surface area contributed by atoms with Gasteiger partial charge in [-0.05, 0) is 25.1 Å². The van der Waals surface area contributed by atoms with E-state index in [9.17, 15) is 14.7 Å². The summed E-state index contributed by atoms with van der Waals surface area (Å²) in [6.07, 6.45) is -0.350. The number of hydrogen-bond acceptors (Lipinski definition) is 5. The number of aromatic hydroxyl groups is 2. The number of hydrogen-bond donors (Lipinski definition) is 3. The summed E-state index contributed by atoms with van der Waals surface area (Å²) in [5, 5.41) is 20.8. The summed E-state index contributed by atoms with van der Waals surface area (Å²) in [5.41, 5.74) is 0.159. The third-order valence-electron chi connectivity index (χ3n) is 2.55. The van der Waals surface area contributed by atoms with Gasteiger partial charge < -0.3 is 20.3 Å². The van der Waals surface area contributed by atoms with Gasteiger partial charge in [-0.3, -0.25) is 4.79 Å². The number of carbonyl (C=O) groups is 2. The zero-order valence-corrected chi connectivity index (χ0v) is 9.01. The molecule has 0 spiro atoms. The zero-order chi connectivity index (χ0) is 12.6. The van der Waals surface area contributed by atoms with Crippen LogP contribution in [0.4, 0.5) is 0 Å². The second kappa shape index (κ2) is 3.97. The molecule has 17 heavy (non-hydrogen) atoms. The van der Waals surface area contributed by atoms with Crippen LogP contribution in [0.15, 0.2) is 18.2 Å². The number of nitrogens with one attached hydrogen (secondary N) is 1. The van der Waals surface area contributed by atoms with Crippen molar-refractivity contribution in [2.45, 2.75) is 19.1 Å². The van der Waals surface area contributed by atoms with Crippen LogP contribution in [0, 0.1) is 0 Å². The monoisotopic (exact) mass is 237 g/mol. The van der Waals surface area contributed by atoms with Gasteiger partial charge in [0.15, 0.2) is 17.5 Å². The third-order valence-corrected chi connectivity index (χ3v) is 2.55. The first-order chi connectivity index (χ1) is 7.99. The lowest BCUT2D eigenvalue weighted by Gasteiger charge is -2.32. The molecule has 1 amide bonds. The molecule has 6 nitrogen and oxygen atoms in total. The lowest BCUT2D eigenvalue weighted by atomic mass is 10.1. The van der Waals surface area contributed by atoms with Crippen molar-refractivity contribution < 1.29 is 24.5 Å². The Morgan fingerprint density at radius 1 is 1.35 bits per heavy atom. The van der Waals surface area contributed by atoms with E-state index in [1.54, 1.807) is 6.92 Å². The molecule has 0 saturated carbocycles. The molecule has 1 aromatic rings. The number of benzene rings is 1. The van der Waals surface area contributed by atoms with E-state index in [1.165, 1.54) is 12.1 Å². The highest BCUT2D eigenvalue weighted by atomic mass is 16.6. The van der Waals surface area contributed by atoms with Crippen molar-refractivity contribution in [3.05, 3.63) is 23.8 Å². The fraction of sp³-hybridized carbons (Fsp3) is 0.273. The highest BCUT2D eigenvalue weighted by molar-refractivity contribution is 5.98. The number of phenolic OH excluding ortho intramolecular Hbond substituents is 2. The van der Waals surface area contributed by atoms with E-state index in [4.69, 9.17) is 5.11 Å². The van der Waals surface area contributed by atoms with Gasteiger partial charge in [0.1, 0.15) is 6.10 Å². The predicted octanol–water partition coefficient (Wildman–Crippen LogP) is 0.141. The minimum atomic E-state index is -0.654. The molecular weight excluding hydrogens is 226 g/mol. The molecule has 1 aliphatic heterocycles. The normalized spacial score (nSPS) is 22.5. The van der Waals surface area contributed by atoms with E-state index in [0.717, 1.165) is 6.07 Å². The molecule has 1 heterocycles. The Kier molecular flexibility index (Phi) is 2.63. The molecular formula is C11H11NO5. The van der Waals surface area contributed by atoms with Gasteiger partial charge in [-0.2, -0.15) is 0 Å². The number of carbonyl (C=O) groups excluding carboxylic acids is 2. The van der Waals surface area contributed by atoms with Crippen molar-refractivity contribution >= 4 is 11.9 Å². The van der Waals surface area contributed by atoms with Crippen molar-refractivity contribution in [3.8, 4) is 11.5 Å². The first-order valence-corrected chi connectivity index (χ1v) is 5.02. The lowest BCUT2D eigenvalue weighted by molar-refractivity contribution is -0.173. The average Bonchev–Trinajstić information content (AvgIpc) is 2.29. The van der Waals surface area contributed by atoms with Gasteiger partial charge in [0, 0.05) is 5.56 Å². The number of cyclic esters (lactones) is 1. The molecule has 6 heteroatoms. The minimum Gasteiger partial charge on any atom is -0.504 e. The molecule has 0 aromatic heterocycles. The number of ether oxygens (including phenoxy) is 1. The van der Waals surface area contributed by atoms with E-state index in [-0.39, 0.29) is 23.2 Å². The van der Waals surface area contributed by atoms with Crippen LogP contribution in [0.5, 0.6) is 11.5 Å². The maximum absolute atomic E-state index is 11.7. The summed E-state index contributed by atoms with van der Waals surface area (Å²) in [5.74, 6) is -1.68. The van der Waals surface area contributed by atoms with Gasteiger partial charge in [-0.25, -0.2) is 4.79 Å². The Hall–Kier alpha value is -2.24. The molecule has 2 rings (SSSR count). The van der Waals surface area contributed by atoms with Gasteiger partial charge in [0.05, 0.1) is 0 Å². The fourth-order valence-electron chi connectivity index (χ4n) is 1.51. The second-order valence-corrected chi connectivity index (χ2v) is 3.80. The molecule has 0 aliphatic carbocycles. The van der Waals surface area contributed by atoms with Crippen molar-refractivity contribution in [3.63, 3.8) is 0 Å². The molecule has 90 valence electrons. The van der Waals surface area contributed by atoms with Crippen LogP contribution in [0.25, 0.3) is 0 Å². The van der Waals surface area contributed by atoms with E-state index in [0.29, 0.717) is 0 Å². The molecule has 3 N–H and O–H groups in total. The zero-order valence-electron chi connectivity index (χ0n) is 9.01. The van der Waals surface area contributed by atoms with E-state index >= 15 is 0 Å². The van der Waals surface area contributed by atoms with E-state index in [2.05, 4.69) is 10.1 Å². The average molecular weight is 237 g/mol. The highest BCUT2D eigenvalue weighted by Gasteiger charge is 2.40. The first-order valence-electron chi connectivity index (χ1n) is 5.02. The number of esters is 1. The Morgan fingerprint density at radius 3 is 2.59 bits per heavy atom. The molecule has 1 aromatic carbocycles. The summed E-state index contributed by atoms with van der Waals surface area (Å²) >= 11 is 0. The smallest absolute Gasteiger partial charge is 0.332 e. The van der Waals surface area contributed by atoms with Crippen LogP contribution in [-0.4, -0.2) is 34.2 Å². The van der Waals surface area contributed by atoms with Gasteiger partial charge in [0.2, 0.25) is 0 Å². The molecule has 0 bridgehead atoms. The SMILES string of the molecule is C[C@H]1OC(=O)[C@H]1NC(=O)c1ccc(O)c(O)c1. The lowest BCUT2D eigenvalue weighted by Crippen LogP contribution is -2.58. The van der Waals surface area contributed by atoms with Crippen LogP contribution in [0.2, 0.25) is 0 Å². The summed E-state index contributed by atoms with van der Waals surface area (Å²) in [4.78, 5) is 22.7. The first kappa shape index (κ1) is 11.3. The van der Waals surface area contributed by atoms with Crippen LogP contribution >= 0.6 is 0 Å². The minimum absolute atomic E-state index is 0.159. The van der Waals surface area contributed by atoms with Crippen molar-refractivity contribution in [2.75, 3.05) is 0 Å². The number of rotatable bonds is 2. The van der Waals surface area contributed by atoms with Gasteiger partial charge >= 0.3 is 5.97 Å². The predicted molar refractivity (Wildman–Crippen MR) is 56.6 cm³/mol. The summed E-state index contributed by atoms with van der Waals surface area (Å²) in [6.45, 7) is 1.67. The highest BCUT2D eigenvalue weighted by Crippen LogP contribution is 2.25. The Balaban J connectivity index is 2.09. The molecule has 1 aliphatic rings. The van der Waals surface area contributed by atoms with Crippen LogP contribution in [0.1, 0.15) is 17.3 Å². The standard InChI is InChI=1S/C11H11NO5/c1-5-9(11(16)17-5)12-10(15)6-2-3-7(13)8(14)4-6/h2-5,9,13-14H,1H3,(H,12,15)/t5-,9+/m1/s1. The van der Waals surface area contributed by atoms with Crippen molar-refractivity contribution in [1.82, 2.24) is 5.32 Å². The number of phenols is 2. The Labute approximate surface area is 96.8 Å². The second-order valence-electron chi connectivity index (χ2n) is 3.80. The quantitative estimate of drug-likeness (QED) is 0.502. The van der Waals surface area contributed by atoms with Crippen molar-refractivity contribution in [1.29, 1.82) is 0 Å². The maximum Gasteiger partial charge on any atom is 0.332 e. The molecule has 2 atom stereocenters. The van der Waals surface area contributed by atoms with E-state index in [1.807, 2.05) is 0 Å². The molecule has 1 saturated heterocycles. The van der Waals surface area contributed by atoms with Crippen LogP contribution in [-0.2, 0) is 9.53 Å². The number of amides is 1. The fourth-order valence-corrected chi connectivity index (χ4v) is 1.51. The maximum atomic E-state index is 11.7. The molecule has 0 radical (unpaired) electrons. The Bertz CT molecular complexity index is 485. The van der Waals surface area contributed by atoms with E-state index < -0.39 is 17.9 Å². The van der Waals surface area contributed by atoms with Gasteiger partial charge in [0.25, 0.3) is 5.91 Å². The summed E-state index contributed by atoms with van der Waals surface area (Å²) in [6, 6.07) is 3.02. The van der Waals surface area contributed by atoms with Crippen molar-refractivity contribution in [2.24, 2.45) is 0 Å². The Morgan fingerprint density at radius 2 is 2.06 bits per heavy atom. The van der Waals surface area contributed by atoms with Gasteiger partial charge in [-0.1, -0.05) is 0 Å². The summed E-state index contributed by atoms with van der Waals surface area (Å²) in [7, 11) is 0. The third kappa shape index (κ3) is 2.01. The van der Waals surface area contributed by atoms with Crippen LogP contribution < -0.4 is 5.32 Å². The van der Waals surface area contributed by atoms with Crippen LogP contribution in [0.3, 0.4) is 0 Å².